The molecule has 0 spiro atoms. The van der Waals surface area contributed by atoms with E-state index < -0.39 is 6.16 Å². The monoisotopic (exact) mass is 367 g/mol. The third-order valence-electron chi connectivity index (χ3n) is 3.72. The Morgan fingerprint density at radius 2 is 1.81 bits per heavy atom. The van der Waals surface area contributed by atoms with Crippen LogP contribution in [0.1, 0.15) is 31.9 Å². The number of ether oxygens (including phenoxy) is 4. The first-order valence-electron chi connectivity index (χ1n) is 8.67. The summed E-state index contributed by atoms with van der Waals surface area (Å²) in [5.41, 5.74) is 1.47. The highest BCUT2D eigenvalue weighted by Gasteiger charge is 2.25. The molecule has 2 aromatic rings. The van der Waals surface area contributed by atoms with Crippen molar-refractivity contribution in [2.75, 3.05) is 19.8 Å². The molecule has 6 heteroatoms. The molecule has 27 heavy (non-hydrogen) atoms. The molecular formula is C21H21NO5. The lowest BCUT2D eigenvalue weighted by molar-refractivity contribution is 0.102. The van der Waals surface area contributed by atoms with E-state index in [1.807, 2.05) is 18.2 Å². The minimum absolute atomic E-state index is 0.0378. The number of benzene rings is 1. The first-order valence-corrected chi connectivity index (χ1v) is 8.67. The van der Waals surface area contributed by atoms with Crippen molar-refractivity contribution in [2.45, 2.75) is 20.8 Å². The molecule has 0 bridgehead atoms. The fourth-order valence-electron chi connectivity index (χ4n) is 2.30. The predicted octanol–water partition coefficient (Wildman–Crippen LogP) is 3.81. The Morgan fingerprint density at radius 1 is 1.11 bits per heavy atom. The highest BCUT2D eigenvalue weighted by molar-refractivity contribution is 5.63. The lowest BCUT2D eigenvalue weighted by atomic mass is 9.97. The maximum atomic E-state index is 11.3. The van der Waals surface area contributed by atoms with Crippen LogP contribution in [0.4, 0.5) is 4.79 Å². The van der Waals surface area contributed by atoms with E-state index in [9.17, 15) is 4.79 Å². The number of nitrogens with zero attached hydrogens (tertiary/aromatic N) is 1. The number of fused-ring (bicyclic) bond motifs is 1. The van der Waals surface area contributed by atoms with Gasteiger partial charge in [0.05, 0.1) is 19.8 Å². The zero-order valence-electron chi connectivity index (χ0n) is 15.6. The molecule has 2 heterocycles. The predicted molar refractivity (Wildman–Crippen MR) is 99.1 cm³/mol. The second-order valence-electron chi connectivity index (χ2n) is 6.82. The summed E-state index contributed by atoms with van der Waals surface area (Å²) in [6, 6.07) is 8.92. The number of aromatic nitrogens is 1. The summed E-state index contributed by atoms with van der Waals surface area (Å²) in [6.45, 7) is 7.34. The van der Waals surface area contributed by atoms with Crippen molar-refractivity contribution >= 4 is 6.16 Å². The molecule has 0 radical (unpaired) electrons. The third-order valence-corrected chi connectivity index (χ3v) is 3.72. The molecule has 0 N–H and O–H groups in total. The lowest BCUT2D eigenvalue weighted by Gasteiger charge is -2.19. The van der Waals surface area contributed by atoms with Crippen molar-refractivity contribution < 1.29 is 23.7 Å². The average Bonchev–Trinajstić information content (AvgIpc) is 2.80. The van der Waals surface area contributed by atoms with E-state index >= 15 is 0 Å². The van der Waals surface area contributed by atoms with Crippen molar-refractivity contribution in [3.8, 4) is 29.2 Å². The van der Waals surface area contributed by atoms with Gasteiger partial charge in [-0.1, -0.05) is 25.7 Å². The molecule has 3 rings (SSSR count). The van der Waals surface area contributed by atoms with Crippen LogP contribution in [0.3, 0.4) is 0 Å². The summed E-state index contributed by atoms with van der Waals surface area (Å²) >= 11 is 0. The van der Waals surface area contributed by atoms with Crippen molar-refractivity contribution in [2.24, 2.45) is 5.41 Å². The van der Waals surface area contributed by atoms with Gasteiger partial charge >= 0.3 is 6.16 Å². The second-order valence-corrected chi connectivity index (χ2v) is 6.82. The molecule has 1 aromatic heterocycles. The number of carbonyl (C=O) groups is 1. The third kappa shape index (κ3) is 5.14. The van der Waals surface area contributed by atoms with Gasteiger partial charge in [0.25, 0.3) is 0 Å². The molecule has 0 amide bonds. The number of hydrogen-bond donors (Lipinski definition) is 0. The minimum Gasteiger partial charge on any atom is -0.489 e. The summed E-state index contributed by atoms with van der Waals surface area (Å²) in [4.78, 5) is 15.3. The minimum atomic E-state index is -0.779. The molecule has 1 aliphatic heterocycles. The lowest BCUT2D eigenvalue weighted by Crippen LogP contribution is -2.26. The van der Waals surface area contributed by atoms with Gasteiger partial charge in [-0.3, -0.25) is 0 Å². The summed E-state index contributed by atoms with van der Waals surface area (Å²) < 4.78 is 21.3. The van der Waals surface area contributed by atoms with Crippen LogP contribution in [-0.4, -0.2) is 31.0 Å². The van der Waals surface area contributed by atoms with Crippen molar-refractivity contribution in [1.82, 2.24) is 4.98 Å². The standard InChI is InChI=1S/C21H21NO5/c1-4-24-20(23)27-19-10-8-16(12-22-19)6-5-15-7-9-17-18(11-15)26-14-21(2,3)13-25-17/h7-12H,4,13-14H2,1-3H3. The van der Waals surface area contributed by atoms with Gasteiger partial charge in [0.1, 0.15) is 0 Å². The molecule has 0 unspecified atom stereocenters. The molecule has 0 aliphatic carbocycles. The van der Waals surface area contributed by atoms with E-state index in [2.05, 4.69) is 30.7 Å². The largest absolute Gasteiger partial charge is 0.515 e. The zero-order chi connectivity index (χ0) is 19.3. The molecule has 6 nitrogen and oxygen atoms in total. The second kappa shape index (κ2) is 8.00. The molecule has 0 saturated carbocycles. The highest BCUT2D eigenvalue weighted by Crippen LogP contribution is 2.34. The molecule has 0 fully saturated rings. The Labute approximate surface area is 158 Å². The Morgan fingerprint density at radius 3 is 2.52 bits per heavy atom. The van der Waals surface area contributed by atoms with Gasteiger partial charge in [-0.25, -0.2) is 9.78 Å². The van der Waals surface area contributed by atoms with Crippen LogP contribution < -0.4 is 14.2 Å². The topological polar surface area (TPSA) is 66.9 Å². The van der Waals surface area contributed by atoms with Gasteiger partial charge in [-0.15, -0.1) is 0 Å². The Hall–Kier alpha value is -3.20. The Balaban J connectivity index is 1.69. The maximum absolute atomic E-state index is 11.3. The Kier molecular flexibility index (Phi) is 5.51. The van der Waals surface area contributed by atoms with Gasteiger partial charge in [0.2, 0.25) is 5.88 Å². The van der Waals surface area contributed by atoms with Crippen LogP contribution in [0, 0.1) is 17.3 Å². The number of hydrogen-bond acceptors (Lipinski definition) is 6. The fraction of sp³-hybridized carbons (Fsp3) is 0.333. The first kappa shape index (κ1) is 18.6. The summed E-state index contributed by atoms with van der Waals surface area (Å²) in [7, 11) is 0. The van der Waals surface area contributed by atoms with E-state index in [-0.39, 0.29) is 17.9 Å². The summed E-state index contributed by atoms with van der Waals surface area (Å²) in [6.07, 6.45) is 0.756. The van der Waals surface area contributed by atoms with Crippen LogP contribution in [-0.2, 0) is 4.74 Å². The molecular weight excluding hydrogens is 346 g/mol. The molecule has 0 saturated heterocycles. The average molecular weight is 367 g/mol. The van der Waals surface area contributed by atoms with E-state index in [0.717, 1.165) is 11.3 Å². The maximum Gasteiger partial charge on any atom is 0.515 e. The molecule has 1 aromatic carbocycles. The highest BCUT2D eigenvalue weighted by atomic mass is 16.7. The van der Waals surface area contributed by atoms with Crippen molar-refractivity contribution in [3.63, 3.8) is 0 Å². The van der Waals surface area contributed by atoms with Gasteiger partial charge in [-0.2, -0.15) is 0 Å². The zero-order valence-corrected chi connectivity index (χ0v) is 15.6. The fourth-order valence-corrected chi connectivity index (χ4v) is 2.30. The summed E-state index contributed by atoms with van der Waals surface area (Å²) in [5.74, 6) is 7.69. The quantitative estimate of drug-likeness (QED) is 0.594. The molecule has 140 valence electrons. The van der Waals surface area contributed by atoms with E-state index in [1.165, 1.54) is 6.20 Å². The Bertz CT molecular complexity index is 878. The number of carbonyl (C=O) groups excluding carboxylic acids is 1. The van der Waals surface area contributed by atoms with Gasteiger partial charge < -0.3 is 18.9 Å². The normalized spacial score (nSPS) is 14.3. The van der Waals surface area contributed by atoms with E-state index in [4.69, 9.17) is 18.9 Å². The van der Waals surface area contributed by atoms with Crippen LogP contribution in [0.2, 0.25) is 0 Å². The van der Waals surface area contributed by atoms with E-state index in [1.54, 1.807) is 19.1 Å². The van der Waals surface area contributed by atoms with Crippen molar-refractivity contribution in [3.05, 3.63) is 47.7 Å². The van der Waals surface area contributed by atoms with Gasteiger partial charge in [0, 0.05) is 28.8 Å². The molecule has 1 aliphatic rings. The van der Waals surface area contributed by atoms with Crippen molar-refractivity contribution in [1.29, 1.82) is 0 Å². The summed E-state index contributed by atoms with van der Waals surface area (Å²) in [5, 5.41) is 0. The SMILES string of the molecule is CCOC(=O)Oc1ccc(C#Cc2ccc3c(c2)OCC(C)(C)CO3)cn1. The van der Waals surface area contributed by atoms with Gasteiger partial charge in [0.15, 0.2) is 11.5 Å². The van der Waals surface area contributed by atoms with E-state index in [0.29, 0.717) is 24.5 Å². The van der Waals surface area contributed by atoms with Crippen LogP contribution in [0.5, 0.6) is 17.4 Å². The van der Waals surface area contributed by atoms with Crippen LogP contribution in [0.25, 0.3) is 0 Å². The van der Waals surface area contributed by atoms with Gasteiger partial charge in [-0.05, 0) is 31.2 Å². The number of pyridine rings is 1. The van der Waals surface area contributed by atoms with Crippen LogP contribution >= 0.6 is 0 Å². The van der Waals surface area contributed by atoms with Crippen LogP contribution in [0.15, 0.2) is 36.5 Å². The first-order chi connectivity index (χ1) is 12.9. The number of rotatable bonds is 2. The molecule has 0 atom stereocenters. The smallest absolute Gasteiger partial charge is 0.489 e.